The van der Waals surface area contributed by atoms with Gasteiger partial charge in [-0.1, -0.05) is 20.3 Å². The number of hydrogen-bond donors (Lipinski definition) is 2. The summed E-state index contributed by atoms with van der Waals surface area (Å²) < 4.78 is 13.4. The molecule has 1 aliphatic rings. The molecular formula is C22H29N5O4. The number of carbonyl (C=O) groups excluding carboxylic acids is 1. The molecule has 9 heteroatoms. The number of nitrogens with one attached hydrogen (secondary N) is 1. The van der Waals surface area contributed by atoms with Gasteiger partial charge in [0.2, 0.25) is 5.65 Å². The average Bonchev–Trinajstić information content (AvgIpc) is 3.16. The highest BCUT2D eigenvalue weighted by molar-refractivity contribution is 5.86. The maximum atomic E-state index is 11.9. The van der Waals surface area contributed by atoms with E-state index in [1.54, 1.807) is 0 Å². The van der Waals surface area contributed by atoms with Crippen LogP contribution in [-0.4, -0.2) is 56.3 Å². The molecule has 0 spiro atoms. The predicted octanol–water partition coefficient (Wildman–Crippen LogP) is 2.92. The number of carbonyl (C=O) groups is 1. The van der Waals surface area contributed by atoms with Crippen molar-refractivity contribution in [3.05, 3.63) is 18.0 Å². The molecule has 0 fully saturated rings. The lowest BCUT2D eigenvalue weighted by molar-refractivity contribution is -0.129. The van der Waals surface area contributed by atoms with E-state index >= 15 is 0 Å². The molecule has 0 unspecified atom stereocenters. The standard InChI is InChI=1S/C22H29N5O4/c1-13(2)20(29)17(28)7-5-4-6-8-23-21-22-26-25-14(3)27(22)16-12-19-18(11-15(16)24-21)30-9-10-31-19/h11-13,20,29H,4-10H2,1-3H3,(H,23,24)/t20-/m0/s1. The molecule has 0 radical (unpaired) electrons. The van der Waals surface area contributed by atoms with Crippen LogP contribution in [0.25, 0.3) is 16.7 Å². The highest BCUT2D eigenvalue weighted by Crippen LogP contribution is 2.35. The van der Waals surface area contributed by atoms with Gasteiger partial charge in [-0.25, -0.2) is 4.98 Å². The van der Waals surface area contributed by atoms with Crippen molar-refractivity contribution in [3.8, 4) is 11.5 Å². The zero-order chi connectivity index (χ0) is 22.0. The summed E-state index contributed by atoms with van der Waals surface area (Å²) in [7, 11) is 0. The number of ether oxygens (including phenoxy) is 2. The Morgan fingerprint density at radius 2 is 1.90 bits per heavy atom. The molecule has 2 N–H and O–H groups in total. The Balaban J connectivity index is 1.43. The highest BCUT2D eigenvalue weighted by atomic mass is 16.6. The third-order valence-electron chi connectivity index (χ3n) is 5.50. The number of ketones is 1. The first-order valence-electron chi connectivity index (χ1n) is 10.9. The molecule has 0 saturated heterocycles. The quantitative estimate of drug-likeness (QED) is 0.502. The van der Waals surface area contributed by atoms with E-state index in [0.29, 0.717) is 49.1 Å². The van der Waals surface area contributed by atoms with Crippen LogP contribution in [0.2, 0.25) is 0 Å². The highest BCUT2D eigenvalue weighted by Gasteiger charge is 2.19. The maximum absolute atomic E-state index is 11.9. The minimum atomic E-state index is -0.857. The van der Waals surface area contributed by atoms with Crippen molar-refractivity contribution in [2.45, 2.75) is 52.6 Å². The van der Waals surface area contributed by atoms with E-state index in [4.69, 9.17) is 14.5 Å². The van der Waals surface area contributed by atoms with Crippen LogP contribution in [-0.2, 0) is 4.79 Å². The molecule has 9 nitrogen and oxygen atoms in total. The third kappa shape index (κ3) is 4.41. The number of aryl methyl sites for hydroxylation is 1. The molecule has 1 aromatic carbocycles. The summed E-state index contributed by atoms with van der Waals surface area (Å²) in [5.41, 5.74) is 2.31. The summed E-state index contributed by atoms with van der Waals surface area (Å²) in [6.45, 7) is 7.36. The number of anilines is 1. The van der Waals surface area contributed by atoms with E-state index in [9.17, 15) is 9.90 Å². The van der Waals surface area contributed by atoms with Crippen molar-refractivity contribution in [2.75, 3.05) is 25.1 Å². The Morgan fingerprint density at radius 3 is 2.65 bits per heavy atom. The molecule has 0 amide bonds. The molecule has 1 atom stereocenters. The van der Waals surface area contributed by atoms with Crippen LogP contribution in [0.4, 0.5) is 5.82 Å². The van der Waals surface area contributed by atoms with Gasteiger partial charge in [-0.15, -0.1) is 10.2 Å². The van der Waals surface area contributed by atoms with Crippen molar-refractivity contribution < 1.29 is 19.4 Å². The number of benzene rings is 1. The molecule has 1 aliphatic heterocycles. The zero-order valence-electron chi connectivity index (χ0n) is 18.2. The largest absolute Gasteiger partial charge is 0.486 e. The lowest BCUT2D eigenvalue weighted by atomic mass is 9.99. The first-order valence-corrected chi connectivity index (χ1v) is 10.9. The van der Waals surface area contributed by atoms with Gasteiger partial charge < -0.3 is 19.9 Å². The van der Waals surface area contributed by atoms with Crippen molar-refractivity contribution in [3.63, 3.8) is 0 Å². The van der Waals surface area contributed by atoms with E-state index in [1.807, 2.05) is 37.3 Å². The van der Waals surface area contributed by atoms with Gasteiger partial charge >= 0.3 is 0 Å². The zero-order valence-corrected chi connectivity index (χ0v) is 18.2. The number of aliphatic hydroxyl groups is 1. The fourth-order valence-corrected chi connectivity index (χ4v) is 3.76. The van der Waals surface area contributed by atoms with Crippen LogP contribution in [0.1, 0.15) is 45.4 Å². The van der Waals surface area contributed by atoms with Crippen molar-refractivity contribution >= 4 is 28.3 Å². The van der Waals surface area contributed by atoms with Crippen LogP contribution >= 0.6 is 0 Å². The smallest absolute Gasteiger partial charge is 0.204 e. The number of unbranched alkanes of at least 4 members (excludes halogenated alkanes) is 2. The molecule has 0 bridgehead atoms. The number of fused-ring (bicyclic) bond motifs is 4. The van der Waals surface area contributed by atoms with Gasteiger partial charge in [0.15, 0.2) is 23.1 Å². The average molecular weight is 428 g/mol. The Hall–Kier alpha value is -2.94. The van der Waals surface area contributed by atoms with Gasteiger partial charge in [0.05, 0.1) is 11.0 Å². The fraction of sp³-hybridized carbons (Fsp3) is 0.545. The second kappa shape index (κ2) is 9.05. The first kappa shape index (κ1) is 21.3. The SMILES string of the molecule is Cc1nnc2c(NCCCCCC(=O)[C@@H](O)C(C)C)nc3cc4c(cc3n12)OCCO4. The van der Waals surface area contributed by atoms with Crippen molar-refractivity contribution in [1.82, 2.24) is 19.6 Å². The predicted molar refractivity (Wildman–Crippen MR) is 117 cm³/mol. The van der Waals surface area contributed by atoms with E-state index in [-0.39, 0.29) is 11.7 Å². The summed E-state index contributed by atoms with van der Waals surface area (Å²) >= 11 is 0. The number of aliphatic hydroxyl groups excluding tert-OH is 1. The second-order valence-corrected chi connectivity index (χ2v) is 8.24. The van der Waals surface area contributed by atoms with Crippen molar-refractivity contribution in [1.29, 1.82) is 0 Å². The number of Topliss-reactive ketones (excluding diaryl/α,β-unsaturated/α-hetero) is 1. The molecule has 166 valence electrons. The molecular weight excluding hydrogens is 398 g/mol. The lowest BCUT2D eigenvalue weighted by Crippen LogP contribution is -2.25. The summed E-state index contributed by atoms with van der Waals surface area (Å²) in [5.74, 6) is 2.71. The van der Waals surface area contributed by atoms with Crippen molar-refractivity contribution in [2.24, 2.45) is 5.92 Å². The molecule has 0 saturated carbocycles. The van der Waals surface area contributed by atoms with Gasteiger partial charge in [-0.05, 0) is 25.7 Å². The minimum absolute atomic E-state index is 0.0373. The Morgan fingerprint density at radius 1 is 1.16 bits per heavy atom. The van der Waals surface area contributed by atoms with Crippen LogP contribution in [0, 0.1) is 12.8 Å². The van der Waals surface area contributed by atoms with E-state index in [2.05, 4.69) is 15.5 Å². The van der Waals surface area contributed by atoms with E-state index in [0.717, 1.165) is 36.1 Å². The summed E-state index contributed by atoms with van der Waals surface area (Å²) in [6.07, 6.45) is 2.08. The molecule has 31 heavy (non-hydrogen) atoms. The molecule has 3 aromatic rings. The number of rotatable bonds is 9. The Labute approximate surface area is 180 Å². The van der Waals surface area contributed by atoms with Gasteiger partial charge in [-0.2, -0.15) is 0 Å². The fourth-order valence-electron chi connectivity index (χ4n) is 3.76. The lowest BCUT2D eigenvalue weighted by Gasteiger charge is -2.19. The maximum Gasteiger partial charge on any atom is 0.204 e. The Kier molecular flexibility index (Phi) is 6.22. The topological polar surface area (TPSA) is 111 Å². The minimum Gasteiger partial charge on any atom is -0.486 e. The van der Waals surface area contributed by atoms with Crippen LogP contribution in [0.3, 0.4) is 0 Å². The first-order chi connectivity index (χ1) is 15.0. The van der Waals surface area contributed by atoms with Crippen LogP contribution in [0.5, 0.6) is 11.5 Å². The summed E-state index contributed by atoms with van der Waals surface area (Å²) in [4.78, 5) is 16.7. The monoisotopic (exact) mass is 427 g/mol. The second-order valence-electron chi connectivity index (χ2n) is 8.24. The summed E-state index contributed by atoms with van der Waals surface area (Å²) in [6, 6.07) is 3.81. The van der Waals surface area contributed by atoms with Gasteiger partial charge in [0.25, 0.3) is 0 Å². The molecule has 0 aliphatic carbocycles. The number of aromatic nitrogens is 4. The normalized spacial score (nSPS) is 14.4. The van der Waals surface area contributed by atoms with E-state index < -0.39 is 6.10 Å². The molecule has 2 aromatic heterocycles. The summed E-state index contributed by atoms with van der Waals surface area (Å²) in [5, 5.41) is 21.7. The molecule has 3 heterocycles. The van der Waals surface area contributed by atoms with Crippen LogP contribution < -0.4 is 14.8 Å². The van der Waals surface area contributed by atoms with Gasteiger partial charge in [-0.3, -0.25) is 9.20 Å². The van der Waals surface area contributed by atoms with Gasteiger partial charge in [0, 0.05) is 25.1 Å². The van der Waals surface area contributed by atoms with Gasteiger partial charge in [0.1, 0.15) is 25.1 Å². The third-order valence-corrected chi connectivity index (χ3v) is 5.50. The number of nitrogens with zero attached hydrogens (tertiary/aromatic N) is 4. The number of hydrogen-bond acceptors (Lipinski definition) is 8. The Bertz CT molecular complexity index is 1090. The van der Waals surface area contributed by atoms with E-state index in [1.165, 1.54) is 0 Å². The van der Waals surface area contributed by atoms with Crippen LogP contribution in [0.15, 0.2) is 12.1 Å². The molecule has 4 rings (SSSR count).